The first-order chi connectivity index (χ1) is 16.0. The molecule has 0 unspecified atom stereocenters. The maximum Gasteiger partial charge on any atom is 0.152 e. The summed E-state index contributed by atoms with van der Waals surface area (Å²) in [4.78, 5) is 12.0. The minimum Gasteiger partial charge on any atom is -0.379 e. The highest BCUT2D eigenvalue weighted by molar-refractivity contribution is 6.31. The minimum absolute atomic E-state index is 0.333. The third-order valence-electron chi connectivity index (χ3n) is 6.22. The predicted molar refractivity (Wildman–Crippen MR) is 127 cm³/mol. The average Bonchev–Trinajstić information content (AvgIpc) is 3.64. The Morgan fingerprint density at radius 3 is 2.76 bits per heavy atom. The van der Waals surface area contributed by atoms with Crippen molar-refractivity contribution < 1.29 is 9.13 Å². The maximum atomic E-state index is 13.9. The summed E-state index contributed by atoms with van der Waals surface area (Å²) in [7, 11) is 0. The molecule has 2 aromatic rings. The molecule has 1 saturated heterocycles. The van der Waals surface area contributed by atoms with Crippen LogP contribution < -0.4 is 5.32 Å². The lowest BCUT2D eigenvalue weighted by Crippen LogP contribution is -2.45. The van der Waals surface area contributed by atoms with Crippen molar-refractivity contribution >= 4 is 17.4 Å². The van der Waals surface area contributed by atoms with E-state index in [1.807, 2.05) is 25.1 Å². The van der Waals surface area contributed by atoms with Gasteiger partial charge in [0.1, 0.15) is 17.1 Å². The van der Waals surface area contributed by atoms with Gasteiger partial charge in [0, 0.05) is 48.0 Å². The van der Waals surface area contributed by atoms with E-state index in [0.29, 0.717) is 36.5 Å². The van der Waals surface area contributed by atoms with Crippen LogP contribution in [0.3, 0.4) is 0 Å². The highest BCUT2D eigenvalue weighted by Crippen LogP contribution is 2.41. The predicted octanol–water partition coefficient (Wildman–Crippen LogP) is 4.14. The van der Waals surface area contributed by atoms with Crippen molar-refractivity contribution in [2.24, 2.45) is 10.9 Å². The molecule has 2 fully saturated rings. The van der Waals surface area contributed by atoms with Gasteiger partial charge in [-0.2, -0.15) is 0 Å². The van der Waals surface area contributed by atoms with Crippen LogP contribution in [0.5, 0.6) is 0 Å². The molecule has 3 aliphatic rings. The monoisotopic (exact) mass is 464 g/mol. The first kappa shape index (κ1) is 22.1. The molecule has 1 saturated carbocycles. The minimum atomic E-state index is -0.883. The van der Waals surface area contributed by atoms with Gasteiger partial charge >= 0.3 is 0 Å². The Hall–Kier alpha value is -2.72. The third kappa shape index (κ3) is 4.81. The second-order valence-electron chi connectivity index (χ2n) is 8.78. The molecular formula is C26H26ClFN4O. The van der Waals surface area contributed by atoms with Crippen LogP contribution in [0.2, 0.25) is 5.02 Å². The van der Waals surface area contributed by atoms with Gasteiger partial charge < -0.3 is 10.1 Å². The van der Waals surface area contributed by atoms with Gasteiger partial charge in [0.15, 0.2) is 5.84 Å². The van der Waals surface area contributed by atoms with Crippen molar-refractivity contribution in [3.05, 3.63) is 76.0 Å². The van der Waals surface area contributed by atoms with E-state index < -0.39 is 5.54 Å². The molecule has 1 atom stereocenters. The summed E-state index contributed by atoms with van der Waals surface area (Å²) < 4.78 is 19.5. The molecule has 1 aromatic carbocycles. The van der Waals surface area contributed by atoms with E-state index in [4.69, 9.17) is 21.3 Å². The topological polar surface area (TPSA) is 49.8 Å². The van der Waals surface area contributed by atoms with Gasteiger partial charge in [0.05, 0.1) is 18.8 Å². The Balaban J connectivity index is 1.66. The SMILES string of the molecule is C[C@]1(c2ccc(F)cc2Cl)N=C(c2ccccn2)NC(CN2CCOCC2)=C1C#CC1CC1. The van der Waals surface area contributed by atoms with Gasteiger partial charge in [-0.05, 0) is 44.0 Å². The lowest BCUT2D eigenvalue weighted by molar-refractivity contribution is 0.0416. The molecule has 7 heteroatoms. The van der Waals surface area contributed by atoms with Crippen molar-refractivity contribution in [3.8, 4) is 11.8 Å². The van der Waals surface area contributed by atoms with E-state index in [2.05, 4.69) is 27.0 Å². The molecule has 170 valence electrons. The molecule has 1 aliphatic carbocycles. The number of ether oxygens (including phenoxy) is 1. The zero-order valence-corrected chi connectivity index (χ0v) is 19.3. The first-order valence-corrected chi connectivity index (χ1v) is 11.7. The average molecular weight is 465 g/mol. The summed E-state index contributed by atoms with van der Waals surface area (Å²) in [5.41, 5.74) is 2.42. The molecule has 0 amide bonds. The van der Waals surface area contributed by atoms with E-state index >= 15 is 0 Å². The number of pyridine rings is 1. The number of nitrogens with one attached hydrogen (secondary N) is 1. The molecule has 33 heavy (non-hydrogen) atoms. The zero-order valence-electron chi connectivity index (χ0n) is 18.6. The van der Waals surface area contributed by atoms with Crippen LogP contribution >= 0.6 is 11.6 Å². The van der Waals surface area contributed by atoms with Gasteiger partial charge in [-0.25, -0.2) is 9.38 Å². The summed E-state index contributed by atoms with van der Waals surface area (Å²) in [6, 6.07) is 10.2. The number of amidine groups is 1. The Morgan fingerprint density at radius 2 is 2.06 bits per heavy atom. The van der Waals surface area contributed by atoms with E-state index in [9.17, 15) is 4.39 Å². The van der Waals surface area contributed by atoms with Gasteiger partial charge in [0.25, 0.3) is 0 Å². The lowest BCUT2D eigenvalue weighted by atomic mass is 9.82. The van der Waals surface area contributed by atoms with Crippen LogP contribution in [0.1, 0.15) is 31.0 Å². The van der Waals surface area contributed by atoms with Gasteiger partial charge in [0.2, 0.25) is 0 Å². The quantitative estimate of drug-likeness (QED) is 0.691. The summed E-state index contributed by atoms with van der Waals surface area (Å²) in [6.07, 6.45) is 4.00. The van der Waals surface area contributed by atoms with E-state index in [1.54, 1.807) is 12.3 Å². The number of hydrogen-bond acceptors (Lipinski definition) is 5. The van der Waals surface area contributed by atoms with Crippen molar-refractivity contribution in [1.82, 2.24) is 15.2 Å². The molecule has 5 rings (SSSR count). The van der Waals surface area contributed by atoms with Crippen LogP contribution in [0, 0.1) is 23.6 Å². The van der Waals surface area contributed by atoms with Crippen LogP contribution in [-0.2, 0) is 10.3 Å². The fourth-order valence-electron chi connectivity index (χ4n) is 4.21. The highest BCUT2D eigenvalue weighted by atomic mass is 35.5. The molecule has 2 aliphatic heterocycles. The smallest absolute Gasteiger partial charge is 0.152 e. The highest BCUT2D eigenvalue weighted by Gasteiger charge is 2.39. The van der Waals surface area contributed by atoms with Gasteiger partial charge in [-0.1, -0.05) is 35.6 Å². The summed E-state index contributed by atoms with van der Waals surface area (Å²) in [6.45, 7) is 5.79. The Kier molecular flexibility index (Phi) is 6.20. The lowest BCUT2D eigenvalue weighted by Gasteiger charge is -2.37. The van der Waals surface area contributed by atoms with E-state index in [-0.39, 0.29) is 5.82 Å². The van der Waals surface area contributed by atoms with Gasteiger partial charge in [-0.15, -0.1) is 0 Å². The summed E-state index contributed by atoms with van der Waals surface area (Å²) in [5, 5.41) is 3.87. The van der Waals surface area contributed by atoms with Crippen molar-refractivity contribution in [2.75, 3.05) is 32.8 Å². The number of benzene rings is 1. The molecule has 3 heterocycles. The van der Waals surface area contributed by atoms with Crippen LogP contribution in [0.15, 0.2) is 58.9 Å². The molecule has 1 N–H and O–H groups in total. The Morgan fingerprint density at radius 1 is 1.24 bits per heavy atom. The Labute approximate surface area is 198 Å². The van der Waals surface area contributed by atoms with Gasteiger partial charge in [-0.3, -0.25) is 9.88 Å². The van der Waals surface area contributed by atoms with Crippen LogP contribution in [0.25, 0.3) is 0 Å². The Bertz CT molecular complexity index is 1160. The number of hydrogen-bond donors (Lipinski definition) is 1. The van der Waals surface area contributed by atoms with Crippen molar-refractivity contribution in [2.45, 2.75) is 25.3 Å². The standard InChI is InChI=1S/C26H26ClFN4O/c1-26(20-10-8-19(28)16-22(20)27)21(9-7-18-5-6-18)24(17-32-12-14-33-15-13-32)30-25(31-26)23-4-2-3-11-29-23/h2-4,8,10-11,16,18H,5-6,12-15,17H2,1H3,(H,30,31)/t26-/m1/s1. The zero-order chi connectivity index (χ0) is 22.8. The van der Waals surface area contributed by atoms with Crippen molar-refractivity contribution in [1.29, 1.82) is 0 Å². The number of halogens is 2. The second kappa shape index (κ2) is 9.26. The van der Waals surface area contributed by atoms with Crippen LogP contribution in [-0.4, -0.2) is 48.6 Å². The maximum absolute atomic E-state index is 13.9. The number of aliphatic imine (C=N–C) groups is 1. The summed E-state index contributed by atoms with van der Waals surface area (Å²) >= 11 is 6.58. The number of morpholine rings is 1. The normalized spacial score (nSPS) is 23.4. The molecule has 1 aromatic heterocycles. The number of nitrogens with zero attached hydrogens (tertiary/aromatic N) is 3. The molecule has 0 radical (unpaired) electrons. The third-order valence-corrected chi connectivity index (χ3v) is 6.53. The molecule has 5 nitrogen and oxygen atoms in total. The fraction of sp³-hybridized carbons (Fsp3) is 0.385. The fourth-order valence-corrected chi connectivity index (χ4v) is 4.56. The first-order valence-electron chi connectivity index (χ1n) is 11.3. The second-order valence-corrected chi connectivity index (χ2v) is 9.19. The molecular weight excluding hydrogens is 439 g/mol. The molecule has 0 bridgehead atoms. The van der Waals surface area contributed by atoms with E-state index in [1.165, 1.54) is 12.1 Å². The number of rotatable bonds is 4. The largest absolute Gasteiger partial charge is 0.379 e. The van der Waals surface area contributed by atoms with E-state index in [0.717, 1.165) is 48.5 Å². The van der Waals surface area contributed by atoms with Crippen LogP contribution in [0.4, 0.5) is 4.39 Å². The summed E-state index contributed by atoms with van der Waals surface area (Å²) in [5.74, 6) is 7.57. The number of aromatic nitrogens is 1. The van der Waals surface area contributed by atoms with Crippen molar-refractivity contribution in [3.63, 3.8) is 0 Å². The molecule has 0 spiro atoms.